The smallest absolute Gasteiger partial charge is 0.316 e. The lowest BCUT2D eigenvalue weighted by Gasteiger charge is -2.16. The van der Waals surface area contributed by atoms with E-state index in [1.807, 2.05) is 4.72 Å². The fourth-order valence-corrected chi connectivity index (χ4v) is 3.16. The zero-order chi connectivity index (χ0) is 16.3. The molecule has 4 nitrogen and oxygen atoms in total. The minimum atomic E-state index is -4.51. The molecular formula is C12H16F4N2O2S. The van der Waals surface area contributed by atoms with Crippen molar-refractivity contribution in [2.45, 2.75) is 37.0 Å². The first-order valence-corrected chi connectivity index (χ1v) is 7.55. The van der Waals surface area contributed by atoms with Crippen LogP contribution < -0.4 is 10.0 Å². The van der Waals surface area contributed by atoms with Gasteiger partial charge < -0.3 is 5.32 Å². The first-order valence-electron chi connectivity index (χ1n) is 6.07. The Bertz CT molecular complexity index is 587. The van der Waals surface area contributed by atoms with Crippen molar-refractivity contribution in [3.05, 3.63) is 29.6 Å². The van der Waals surface area contributed by atoms with Gasteiger partial charge in [0.1, 0.15) is 10.7 Å². The summed E-state index contributed by atoms with van der Waals surface area (Å²) >= 11 is 0. The fraction of sp³-hybridized carbons (Fsp3) is 0.500. The second kappa shape index (κ2) is 6.71. The Kier molecular flexibility index (Phi) is 5.71. The quantitative estimate of drug-likeness (QED) is 0.787. The Morgan fingerprint density at radius 2 is 1.90 bits per heavy atom. The van der Waals surface area contributed by atoms with Crippen LogP contribution in [0.25, 0.3) is 0 Å². The number of rotatable bonds is 6. The lowest BCUT2D eigenvalue weighted by molar-refractivity contribution is -0.137. The van der Waals surface area contributed by atoms with Gasteiger partial charge in [-0.05, 0) is 31.7 Å². The van der Waals surface area contributed by atoms with E-state index in [1.165, 1.54) is 6.07 Å². The van der Waals surface area contributed by atoms with Crippen molar-refractivity contribution < 1.29 is 26.0 Å². The third-order valence-corrected chi connectivity index (χ3v) is 4.16. The molecule has 9 heteroatoms. The molecule has 1 aromatic carbocycles. The number of hydrogen-bond donors (Lipinski definition) is 2. The Hall–Kier alpha value is -1.19. The summed E-state index contributed by atoms with van der Waals surface area (Å²) < 4.78 is 76.0. The summed E-state index contributed by atoms with van der Waals surface area (Å²) in [5.74, 6) is -1.01. The summed E-state index contributed by atoms with van der Waals surface area (Å²) in [4.78, 5) is -0.663. The molecule has 120 valence electrons. The molecule has 2 N–H and O–H groups in total. The third-order valence-electron chi connectivity index (χ3n) is 2.56. The van der Waals surface area contributed by atoms with Gasteiger partial charge >= 0.3 is 6.18 Å². The van der Waals surface area contributed by atoms with Gasteiger partial charge in [-0.15, -0.1) is 0 Å². The molecule has 21 heavy (non-hydrogen) atoms. The van der Waals surface area contributed by atoms with Crippen molar-refractivity contribution in [1.29, 1.82) is 0 Å². The SMILES string of the molecule is CNCc1ccc(F)c(S(=O)(=O)NC(C)CC(F)(F)F)c1. The average molecular weight is 328 g/mol. The molecule has 0 aromatic heterocycles. The number of nitrogens with one attached hydrogen (secondary N) is 2. The molecular weight excluding hydrogens is 312 g/mol. The largest absolute Gasteiger partial charge is 0.390 e. The molecule has 0 bridgehead atoms. The molecule has 1 aromatic rings. The van der Waals surface area contributed by atoms with Crippen LogP contribution in [0.4, 0.5) is 17.6 Å². The Balaban J connectivity index is 2.99. The van der Waals surface area contributed by atoms with Crippen molar-refractivity contribution in [1.82, 2.24) is 10.0 Å². The average Bonchev–Trinajstić information content (AvgIpc) is 2.28. The molecule has 0 fully saturated rings. The lowest BCUT2D eigenvalue weighted by atomic mass is 10.2. The van der Waals surface area contributed by atoms with Crippen LogP contribution in [0.1, 0.15) is 18.9 Å². The summed E-state index contributed by atoms with van der Waals surface area (Å²) in [6.45, 7) is 1.38. The van der Waals surface area contributed by atoms with Crippen molar-refractivity contribution in [2.75, 3.05) is 7.05 Å². The fourth-order valence-electron chi connectivity index (χ4n) is 1.78. The normalized spacial score (nSPS) is 14.2. The predicted octanol–water partition coefficient (Wildman–Crippen LogP) is 2.16. The zero-order valence-electron chi connectivity index (χ0n) is 11.5. The highest BCUT2D eigenvalue weighted by molar-refractivity contribution is 7.89. The molecule has 0 aliphatic rings. The molecule has 1 unspecified atom stereocenters. The number of benzene rings is 1. The van der Waals surface area contributed by atoms with Crippen molar-refractivity contribution in [2.24, 2.45) is 0 Å². The van der Waals surface area contributed by atoms with Crippen LogP contribution >= 0.6 is 0 Å². The van der Waals surface area contributed by atoms with E-state index in [0.29, 0.717) is 12.1 Å². The van der Waals surface area contributed by atoms with Crippen LogP contribution in [0.2, 0.25) is 0 Å². The van der Waals surface area contributed by atoms with Gasteiger partial charge in [0.15, 0.2) is 0 Å². The van der Waals surface area contributed by atoms with Gasteiger partial charge in [-0.1, -0.05) is 6.07 Å². The van der Waals surface area contributed by atoms with Gasteiger partial charge in [-0.2, -0.15) is 13.2 Å². The number of sulfonamides is 1. The van der Waals surface area contributed by atoms with E-state index in [4.69, 9.17) is 0 Å². The first-order chi connectivity index (χ1) is 9.55. The highest BCUT2D eigenvalue weighted by atomic mass is 32.2. The van der Waals surface area contributed by atoms with E-state index in [-0.39, 0.29) is 0 Å². The van der Waals surface area contributed by atoms with Gasteiger partial charge in [-0.3, -0.25) is 0 Å². The third kappa shape index (κ3) is 5.60. The molecule has 0 aliphatic heterocycles. The van der Waals surface area contributed by atoms with Crippen LogP contribution in [-0.4, -0.2) is 27.7 Å². The number of hydrogen-bond acceptors (Lipinski definition) is 3. The highest BCUT2D eigenvalue weighted by Gasteiger charge is 2.32. The van der Waals surface area contributed by atoms with Gasteiger partial charge in [0.25, 0.3) is 0 Å². The van der Waals surface area contributed by atoms with E-state index in [1.54, 1.807) is 7.05 Å². The minimum Gasteiger partial charge on any atom is -0.316 e. The summed E-state index contributed by atoms with van der Waals surface area (Å²) in [5.41, 5.74) is 0.503. The first kappa shape index (κ1) is 17.9. The van der Waals surface area contributed by atoms with Crippen molar-refractivity contribution in [3.63, 3.8) is 0 Å². The number of alkyl halides is 3. The minimum absolute atomic E-state index is 0.306. The lowest BCUT2D eigenvalue weighted by Crippen LogP contribution is -2.36. The number of halogens is 4. The van der Waals surface area contributed by atoms with Gasteiger partial charge in [-0.25, -0.2) is 17.5 Å². The van der Waals surface area contributed by atoms with E-state index in [2.05, 4.69) is 5.32 Å². The second-order valence-electron chi connectivity index (χ2n) is 4.64. The zero-order valence-corrected chi connectivity index (χ0v) is 12.3. The van der Waals surface area contributed by atoms with E-state index in [9.17, 15) is 26.0 Å². The van der Waals surface area contributed by atoms with E-state index >= 15 is 0 Å². The van der Waals surface area contributed by atoms with Crippen LogP contribution in [-0.2, 0) is 16.6 Å². The van der Waals surface area contributed by atoms with Gasteiger partial charge in [0.05, 0.1) is 6.42 Å². The molecule has 0 amide bonds. The van der Waals surface area contributed by atoms with E-state index in [0.717, 1.165) is 19.1 Å². The van der Waals surface area contributed by atoms with Gasteiger partial charge in [0, 0.05) is 12.6 Å². The Morgan fingerprint density at radius 1 is 1.29 bits per heavy atom. The molecule has 1 atom stereocenters. The molecule has 0 heterocycles. The standard InChI is InChI=1S/C12H16F4N2O2S/c1-8(6-12(14,15)16)18-21(19,20)11-5-9(7-17-2)3-4-10(11)13/h3-5,8,17-18H,6-7H2,1-2H3. The summed E-state index contributed by atoms with van der Waals surface area (Å²) in [6.07, 6.45) is -5.83. The highest BCUT2D eigenvalue weighted by Crippen LogP contribution is 2.23. The van der Waals surface area contributed by atoms with Crippen LogP contribution in [0.5, 0.6) is 0 Å². The molecule has 0 spiro atoms. The van der Waals surface area contributed by atoms with Crippen molar-refractivity contribution >= 4 is 10.0 Å². The maximum Gasteiger partial charge on any atom is 0.390 e. The van der Waals surface area contributed by atoms with Crippen LogP contribution in [0.3, 0.4) is 0 Å². The monoisotopic (exact) mass is 328 g/mol. The molecule has 0 saturated heterocycles. The maximum absolute atomic E-state index is 13.6. The van der Waals surface area contributed by atoms with Crippen LogP contribution in [0, 0.1) is 5.82 Å². The summed E-state index contributed by atoms with van der Waals surface area (Å²) in [6, 6.07) is 2.07. The van der Waals surface area contributed by atoms with Crippen LogP contribution in [0.15, 0.2) is 23.1 Å². The Morgan fingerprint density at radius 3 is 2.43 bits per heavy atom. The Labute approximate surface area is 120 Å². The second-order valence-corrected chi connectivity index (χ2v) is 6.32. The molecule has 0 aliphatic carbocycles. The molecule has 1 rings (SSSR count). The molecule has 0 saturated carbocycles. The topological polar surface area (TPSA) is 58.2 Å². The maximum atomic E-state index is 13.6. The molecule has 0 radical (unpaired) electrons. The van der Waals surface area contributed by atoms with Gasteiger partial charge in [0.2, 0.25) is 10.0 Å². The summed E-state index contributed by atoms with van der Waals surface area (Å²) in [7, 11) is -2.73. The predicted molar refractivity (Wildman–Crippen MR) is 69.6 cm³/mol. The van der Waals surface area contributed by atoms with E-state index < -0.39 is 39.4 Å². The van der Waals surface area contributed by atoms with Crippen molar-refractivity contribution in [3.8, 4) is 0 Å². The summed E-state index contributed by atoms with van der Waals surface area (Å²) in [5, 5.41) is 2.77.